The fourth-order valence-electron chi connectivity index (χ4n) is 2.85. The molecule has 5 nitrogen and oxygen atoms in total. The van der Waals surface area contributed by atoms with Gasteiger partial charge in [0, 0.05) is 18.1 Å². The summed E-state index contributed by atoms with van der Waals surface area (Å²) in [6.45, 7) is 2.27. The maximum atomic E-state index is 12.9. The maximum absolute atomic E-state index is 12.9. The molecule has 0 aliphatic carbocycles. The minimum atomic E-state index is -1.03. The predicted molar refractivity (Wildman–Crippen MR) is 93.5 cm³/mol. The van der Waals surface area contributed by atoms with Gasteiger partial charge >= 0.3 is 5.97 Å². The number of pyridine rings is 1. The Morgan fingerprint density at radius 2 is 1.96 bits per heavy atom. The Hall–Kier alpha value is -2.34. The first-order valence-corrected chi connectivity index (χ1v) is 8.88. The highest BCUT2D eigenvalue weighted by Gasteiger charge is 2.30. The molecule has 0 spiro atoms. The number of hydrogen-bond donors (Lipinski definition) is 1. The number of carbonyl (C=O) groups excluding carboxylic acids is 1. The lowest BCUT2D eigenvalue weighted by Gasteiger charge is -2.35. The number of benzene rings is 1. The van der Waals surface area contributed by atoms with Crippen molar-refractivity contribution in [2.45, 2.75) is 13.0 Å². The van der Waals surface area contributed by atoms with E-state index in [1.165, 1.54) is 12.1 Å². The van der Waals surface area contributed by atoms with Gasteiger partial charge in [0.1, 0.15) is 5.69 Å². The van der Waals surface area contributed by atoms with E-state index < -0.39 is 5.97 Å². The van der Waals surface area contributed by atoms with Crippen LogP contribution in [0, 0.1) is 6.92 Å². The molecule has 0 saturated carbocycles. The molecule has 0 bridgehead atoms. The topological polar surface area (TPSA) is 70.5 Å². The molecule has 124 valence electrons. The molecule has 3 rings (SSSR count). The number of carboxylic acids is 1. The molecule has 1 aliphatic rings. The zero-order valence-corrected chi connectivity index (χ0v) is 14.1. The van der Waals surface area contributed by atoms with Gasteiger partial charge in [-0.25, -0.2) is 9.78 Å². The van der Waals surface area contributed by atoms with Crippen LogP contribution in [-0.4, -0.2) is 44.9 Å². The third-order valence-corrected chi connectivity index (χ3v) is 5.13. The lowest BCUT2D eigenvalue weighted by Crippen LogP contribution is -2.41. The normalized spacial score (nSPS) is 17.5. The number of amides is 1. The fraction of sp³-hybridized carbons (Fsp3) is 0.278. The van der Waals surface area contributed by atoms with Crippen LogP contribution in [0.25, 0.3) is 0 Å². The van der Waals surface area contributed by atoms with E-state index in [9.17, 15) is 9.59 Å². The Morgan fingerprint density at radius 3 is 2.62 bits per heavy atom. The third kappa shape index (κ3) is 3.28. The van der Waals surface area contributed by atoms with Gasteiger partial charge in [0.2, 0.25) is 0 Å². The molecule has 1 fully saturated rings. The summed E-state index contributed by atoms with van der Waals surface area (Å²) in [7, 11) is 0. The Kier molecular flexibility index (Phi) is 4.85. The molecule has 0 radical (unpaired) electrons. The zero-order chi connectivity index (χ0) is 17.1. The van der Waals surface area contributed by atoms with Gasteiger partial charge in [0.25, 0.3) is 5.91 Å². The van der Waals surface area contributed by atoms with E-state index in [0.29, 0.717) is 17.9 Å². The summed E-state index contributed by atoms with van der Waals surface area (Å²) in [5, 5.41) is 9.10. The van der Waals surface area contributed by atoms with Crippen molar-refractivity contribution >= 4 is 23.6 Å². The lowest BCUT2D eigenvalue weighted by molar-refractivity contribution is 0.0679. The summed E-state index contributed by atoms with van der Waals surface area (Å²) in [5.41, 5.74) is 1.89. The van der Waals surface area contributed by atoms with E-state index >= 15 is 0 Å². The number of aromatic nitrogens is 1. The largest absolute Gasteiger partial charge is 0.478 e. The molecule has 6 heteroatoms. The molecule has 1 aromatic carbocycles. The maximum Gasteiger partial charge on any atom is 0.337 e. The zero-order valence-electron chi connectivity index (χ0n) is 13.3. The van der Waals surface area contributed by atoms with Crippen molar-refractivity contribution in [2.75, 3.05) is 18.1 Å². The molecule has 1 N–H and O–H groups in total. The predicted octanol–water partition coefficient (Wildman–Crippen LogP) is 3.02. The van der Waals surface area contributed by atoms with Crippen molar-refractivity contribution < 1.29 is 14.7 Å². The SMILES string of the molecule is Cc1nc(C(=O)N2CCSCC2c2ccccc2)ccc1C(=O)O. The van der Waals surface area contributed by atoms with Crippen LogP contribution >= 0.6 is 11.8 Å². The third-order valence-electron chi connectivity index (χ3n) is 4.11. The molecule has 1 amide bonds. The van der Waals surface area contributed by atoms with Gasteiger partial charge in [0.05, 0.1) is 17.3 Å². The first-order valence-electron chi connectivity index (χ1n) is 7.72. The minimum Gasteiger partial charge on any atom is -0.478 e. The van der Waals surface area contributed by atoms with E-state index in [1.54, 1.807) is 6.92 Å². The molecule has 1 saturated heterocycles. The smallest absolute Gasteiger partial charge is 0.337 e. The van der Waals surface area contributed by atoms with Gasteiger partial charge in [-0.3, -0.25) is 4.79 Å². The van der Waals surface area contributed by atoms with Crippen LogP contribution in [0.15, 0.2) is 42.5 Å². The quantitative estimate of drug-likeness (QED) is 0.928. The number of aryl methyl sites for hydroxylation is 1. The van der Waals surface area contributed by atoms with Crippen molar-refractivity contribution in [1.29, 1.82) is 0 Å². The van der Waals surface area contributed by atoms with Crippen molar-refractivity contribution in [3.63, 3.8) is 0 Å². The number of hydrogen-bond acceptors (Lipinski definition) is 4. The fourth-order valence-corrected chi connectivity index (χ4v) is 3.94. The van der Waals surface area contributed by atoms with Crippen LogP contribution in [-0.2, 0) is 0 Å². The van der Waals surface area contributed by atoms with Crippen LogP contribution in [0.2, 0.25) is 0 Å². The van der Waals surface area contributed by atoms with Gasteiger partial charge in [-0.2, -0.15) is 11.8 Å². The molecule has 1 atom stereocenters. The van der Waals surface area contributed by atoms with Gasteiger partial charge in [0.15, 0.2) is 0 Å². The Morgan fingerprint density at radius 1 is 1.21 bits per heavy atom. The molecule has 1 aromatic heterocycles. The second kappa shape index (κ2) is 7.05. The minimum absolute atomic E-state index is 0.0127. The summed E-state index contributed by atoms with van der Waals surface area (Å²) in [6, 6.07) is 12.9. The molecular weight excluding hydrogens is 324 g/mol. The molecular formula is C18H18N2O3S. The van der Waals surface area contributed by atoms with Gasteiger partial charge in [-0.1, -0.05) is 30.3 Å². The number of carbonyl (C=O) groups is 2. The summed E-state index contributed by atoms with van der Waals surface area (Å²) in [5.74, 6) is 0.558. The monoisotopic (exact) mass is 342 g/mol. The highest BCUT2D eigenvalue weighted by molar-refractivity contribution is 7.99. The van der Waals surface area contributed by atoms with Crippen molar-refractivity contribution in [3.05, 3.63) is 65.0 Å². The number of aromatic carboxylic acids is 1. The van der Waals surface area contributed by atoms with E-state index in [2.05, 4.69) is 4.98 Å². The van der Waals surface area contributed by atoms with Gasteiger partial charge < -0.3 is 10.0 Å². The van der Waals surface area contributed by atoms with Crippen LogP contribution in [0.5, 0.6) is 0 Å². The Labute approximate surface area is 144 Å². The van der Waals surface area contributed by atoms with E-state index in [4.69, 9.17) is 5.11 Å². The number of rotatable bonds is 3. The first-order chi connectivity index (χ1) is 11.6. The molecule has 1 unspecified atom stereocenters. The number of nitrogens with zero attached hydrogens (tertiary/aromatic N) is 2. The number of thioether (sulfide) groups is 1. The highest BCUT2D eigenvalue weighted by Crippen LogP contribution is 2.30. The summed E-state index contributed by atoms with van der Waals surface area (Å²) in [4.78, 5) is 30.1. The second-order valence-electron chi connectivity index (χ2n) is 5.63. The van der Waals surface area contributed by atoms with E-state index in [1.807, 2.05) is 47.0 Å². The Bertz CT molecular complexity index is 764. The van der Waals surface area contributed by atoms with Crippen molar-refractivity contribution in [1.82, 2.24) is 9.88 Å². The van der Waals surface area contributed by atoms with Crippen LogP contribution in [0.4, 0.5) is 0 Å². The molecule has 1 aliphatic heterocycles. The van der Waals surface area contributed by atoms with E-state index in [0.717, 1.165) is 17.1 Å². The average Bonchev–Trinajstić information content (AvgIpc) is 2.61. The first kappa shape index (κ1) is 16.5. The Balaban J connectivity index is 1.90. The molecule has 2 heterocycles. The lowest BCUT2D eigenvalue weighted by atomic mass is 10.1. The molecule has 2 aromatic rings. The van der Waals surface area contributed by atoms with Gasteiger partial charge in [-0.15, -0.1) is 0 Å². The van der Waals surface area contributed by atoms with Crippen molar-refractivity contribution in [2.24, 2.45) is 0 Å². The van der Waals surface area contributed by atoms with Crippen LogP contribution in [0.1, 0.15) is 38.1 Å². The molecule has 24 heavy (non-hydrogen) atoms. The highest BCUT2D eigenvalue weighted by atomic mass is 32.2. The van der Waals surface area contributed by atoms with Crippen molar-refractivity contribution in [3.8, 4) is 0 Å². The average molecular weight is 342 g/mol. The summed E-state index contributed by atoms with van der Waals surface area (Å²) >= 11 is 1.83. The second-order valence-corrected chi connectivity index (χ2v) is 6.78. The summed E-state index contributed by atoms with van der Waals surface area (Å²) in [6.07, 6.45) is 0. The number of carboxylic acid groups (broad SMARTS) is 1. The van der Waals surface area contributed by atoms with Gasteiger partial charge in [-0.05, 0) is 24.6 Å². The van der Waals surface area contributed by atoms with Crippen LogP contribution < -0.4 is 0 Å². The standard InChI is InChI=1S/C18H18N2O3S/c1-12-14(18(22)23)7-8-15(19-12)17(21)20-9-10-24-11-16(20)13-5-3-2-4-6-13/h2-8,16H,9-11H2,1H3,(H,22,23). The van der Waals surface area contributed by atoms with E-state index in [-0.39, 0.29) is 17.5 Å². The summed E-state index contributed by atoms with van der Waals surface area (Å²) < 4.78 is 0. The van der Waals surface area contributed by atoms with Crippen LogP contribution in [0.3, 0.4) is 0 Å².